The van der Waals surface area contributed by atoms with Crippen LogP contribution in [-0.2, 0) is 4.79 Å². The number of anilines is 1. The Balaban J connectivity index is 2.88. The zero-order chi connectivity index (χ0) is 12.1. The molecule has 88 valence electrons. The van der Waals surface area contributed by atoms with Gasteiger partial charge in [0, 0.05) is 19.2 Å². The van der Waals surface area contributed by atoms with Gasteiger partial charge in [-0.25, -0.2) is 0 Å². The molecule has 16 heavy (non-hydrogen) atoms. The molecule has 3 heteroatoms. The van der Waals surface area contributed by atoms with Crippen molar-refractivity contribution in [2.75, 3.05) is 18.6 Å². The van der Waals surface area contributed by atoms with Gasteiger partial charge < -0.3 is 9.64 Å². The van der Waals surface area contributed by atoms with Gasteiger partial charge in [-0.1, -0.05) is 13.8 Å². The Labute approximate surface area is 97.0 Å². The molecule has 0 N–H and O–H groups in total. The molecule has 0 aliphatic heterocycles. The summed E-state index contributed by atoms with van der Waals surface area (Å²) in [7, 11) is 1.63. The highest BCUT2D eigenvalue weighted by Gasteiger charge is 2.12. The maximum absolute atomic E-state index is 11.5. The van der Waals surface area contributed by atoms with Gasteiger partial charge in [0.25, 0.3) is 0 Å². The minimum Gasteiger partial charge on any atom is -0.497 e. The molecule has 0 aliphatic rings. The Morgan fingerprint density at radius 3 is 2.25 bits per heavy atom. The second-order valence-electron chi connectivity index (χ2n) is 4.22. The van der Waals surface area contributed by atoms with E-state index in [1.165, 1.54) is 0 Å². The van der Waals surface area contributed by atoms with Crippen LogP contribution in [-0.4, -0.2) is 19.6 Å². The molecular formula is C13H19NO2. The van der Waals surface area contributed by atoms with E-state index in [0.717, 1.165) is 18.0 Å². The molecule has 0 bridgehead atoms. The van der Waals surface area contributed by atoms with Crippen LogP contribution in [0.3, 0.4) is 0 Å². The van der Waals surface area contributed by atoms with Crippen molar-refractivity contribution in [3.05, 3.63) is 24.3 Å². The van der Waals surface area contributed by atoms with Gasteiger partial charge >= 0.3 is 0 Å². The molecule has 0 unspecified atom stereocenters. The van der Waals surface area contributed by atoms with Crippen LogP contribution in [0.5, 0.6) is 5.75 Å². The average Bonchev–Trinajstić information content (AvgIpc) is 2.25. The lowest BCUT2D eigenvalue weighted by atomic mass is 10.2. The first-order valence-corrected chi connectivity index (χ1v) is 5.46. The fourth-order valence-electron chi connectivity index (χ4n) is 1.54. The minimum atomic E-state index is 0.0684. The fraction of sp³-hybridized carbons (Fsp3) is 0.462. The molecule has 0 aromatic heterocycles. The van der Waals surface area contributed by atoms with E-state index >= 15 is 0 Å². The van der Waals surface area contributed by atoms with Crippen molar-refractivity contribution >= 4 is 11.6 Å². The highest BCUT2D eigenvalue weighted by atomic mass is 16.5. The molecule has 0 saturated carbocycles. The van der Waals surface area contributed by atoms with E-state index in [1.807, 2.05) is 24.3 Å². The Morgan fingerprint density at radius 1 is 1.31 bits per heavy atom. The van der Waals surface area contributed by atoms with Crippen LogP contribution < -0.4 is 9.64 Å². The number of carbonyl (C=O) groups excluding carboxylic acids is 1. The molecule has 0 radical (unpaired) electrons. The van der Waals surface area contributed by atoms with Crippen LogP contribution in [0.4, 0.5) is 5.69 Å². The van der Waals surface area contributed by atoms with Crippen molar-refractivity contribution in [2.24, 2.45) is 5.92 Å². The lowest BCUT2D eigenvalue weighted by Gasteiger charge is -2.23. The lowest BCUT2D eigenvalue weighted by molar-refractivity contribution is -0.116. The van der Waals surface area contributed by atoms with Gasteiger partial charge in [0.15, 0.2) is 0 Å². The summed E-state index contributed by atoms with van der Waals surface area (Å²) < 4.78 is 5.09. The first-order valence-electron chi connectivity index (χ1n) is 5.46. The van der Waals surface area contributed by atoms with Gasteiger partial charge in [0.2, 0.25) is 5.91 Å². The number of amides is 1. The summed E-state index contributed by atoms with van der Waals surface area (Å²) in [6.45, 7) is 6.52. The molecule has 1 aromatic carbocycles. The molecule has 0 heterocycles. The van der Waals surface area contributed by atoms with E-state index in [-0.39, 0.29) is 5.91 Å². The number of methoxy groups -OCH3 is 1. The van der Waals surface area contributed by atoms with E-state index in [9.17, 15) is 4.79 Å². The molecule has 1 amide bonds. The molecule has 0 spiro atoms. The zero-order valence-electron chi connectivity index (χ0n) is 10.4. The quantitative estimate of drug-likeness (QED) is 0.782. The van der Waals surface area contributed by atoms with Gasteiger partial charge in [0.1, 0.15) is 5.75 Å². The standard InChI is InChI=1S/C13H19NO2/c1-10(2)9-14(11(3)15)12-5-7-13(16-4)8-6-12/h5-8,10H,9H2,1-4H3. The number of rotatable bonds is 4. The monoisotopic (exact) mass is 221 g/mol. The summed E-state index contributed by atoms with van der Waals surface area (Å²) in [5.74, 6) is 1.32. The van der Waals surface area contributed by atoms with Crippen LogP contribution in [0.2, 0.25) is 0 Å². The van der Waals surface area contributed by atoms with Crippen molar-refractivity contribution < 1.29 is 9.53 Å². The van der Waals surface area contributed by atoms with Gasteiger partial charge in [-0.2, -0.15) is 0 Å². The summed E-state index contributed by atoms with van der Waals surface area (Å²) in [6.07, 6.45) is 0. The summed E-state index contributed by atoms with van der Waals surface area (Å²) >= 11 is 0. The molecule has 1 aromatic rings. The minimum absolute atomic E-state index is 0.0684. The number of ether oxygens (including phenoxy) is 1. The van der Waals surface area contributed by atoms with Crippen molar-refractivity contribution in [1.29, 1.82) is 0 Å². The van der Waals surface area contributed by atoms with E-state index in [4.69, 9.17) is 4.74 Å². The Hall–Kier alpha value is -1.51. The first-order chi connectivity index (χ1) is 7.54. The molecule has 0 atom stereocenters. The summed E-state index contributed by atoms with van der Waals surface area (Å²) in [4.78, 5) is 13.3. The van der Waals surface area contributed by atoms with Gasteiger partial charge in [-0.05, 0) is 30.2 Å². The van der Waals surface area contributed by atoms with Crippen LogP contribution in [0.1, 0.15) is 20.8 Å². The summed E-state index contributed by atoms with van der Waals surface area (Å²) in [6, 6.07) is 7.54. The maximum Gasteiger partial charge on any atom is 0.223 e. The average molecular weight is 221 g/mol. The zero-order valence-corrected chi connectivity index (χ0v) is 10.4. The summed E-state index contributed by atoms with van der Waals surface area (Å²) in [5, 5.41) is 0. The second kappa shape index (κ2) is 5.54. The van der Waals surface area contributed by atoms with Crippen LogP contribution >= 0.6 is 0 Å². The predicted octanol–water partition coefficient (Wildman–Crippen LogP) is 2.70. The fourth-order valence-corrected chi connectivity index (χ4v) is 1.54. The number of carbonyl (C=O) groups is 1. The Morgan fingerprint density at radius 2 is 1.88 bits per heavy atom. The lowest BCUT2D eigenvalue weighted by Crippen LogP contribution is -2.32. The normalized spacial score (nSPS) is 10.3. The van der Waals surface area contributed by atoms with Gasteiger partial charge in [-0.3, -0.25) is 4.79 Å². The van der Waals surface area contributed by atoms with E-state index < -0.39 is 0 Å². The van der Waals surface area contributed by atoms with Gasteiger partial charge in [0.05, 0.1) is 7.11 Å². The van der Waals surface area contributed by atoms with E-state index in [0.29, 0.717) is 5.92 Å². The SMILES string of the molecule is COc1ccc(N(CC(C)C)C(C)=O)cc1. The molecule has 3 nitrogen and oxygen atoms in total. The maximum atomic E-state index is 11.5. The van der Waals surface area contributed by atoms with Crippen molar-refractivity contribution in [3.63, 3.8) is 0 Å². The smallest absolute Gasteiger partial charge is 0.223 e. The molecule has 0 saturated heterocycles. The highest BCUT2D eigenvalue weighted by molar-refractivity contribution is 5.91. The first kappa shape index (κ1) is 12.6. The van der Waals surface area contributed by atoms with Crippen LogP contribution in [0, 0.1) is 5.92 Å². The highest BCUT2D eigenvalue weighted by Crippen LogP contribution is 2.20. The number of hydrogen-bond donors (Lipinski definition) is 0. The second-order valence-corrected chi connectivity index (χ2v) is 4.22. The number of hydrogen-bond acceptors (Lipinski definition) is 2. The van der Waals surface area contributed by atoms with Crippen molar-refractivity contribution in [1.82, 2.24) is 0 Å². The van der Waals surface area contributed by atoms with Crippen molar-refractivity contribution in [3.8, 4) is 5.75 Å². The third kappa shape index (κ3) is 3.26. The number of nitrogens with zero attached hydrogens (tertiary/aromatic N) is 1. The largest absolute Gasteiger partial charge is 0.497 e. The third-order valence-electron chi connectivity index (χ3n) is 2.31. The molecule has 1 rings (SSSR count). The van der Waals surface area contributed by atoms with Crippen molar-refractivity contribution in [2.45, 2.75) is 20.8 Å². The van der Waals surface area contributed by atoms with Gasteiger partial charge in [-0.15, -0.1) is 0 Å². The molecule has 0 aliphatic carbocycles. The molecule has 0 fully saturated rings. The van der Waals surface area contributed by atoms with E-state index in [1.54, 1.807) is 18.9 Å². The summed E-state index contributed by atoms with van der Waals surface area (Å²) in [5.41, 5.74) is 0.919. The number of benzene rings is 1. The Bertz CT molecular complexity index is 343. The predicted molar refractivity (Wildman–Crippen MR) is 65.9 cm³/mol. The van der Waals surface area contributed by atoms with Crippen LogP contribution in [0.25, 0.3) is 0 Å². The molecular weight excluding hydrogens is 202 g/mol. The topological polar surface area (TPSA) is 29.5 Å². The van der Waals surface area contributed by atoms with Crippen LogP contribution in [0.15, 0.2) is 24.3 Å². The Kier molecular flexibility index (Phi) is 4.35. The van der Waals surface area contributed by atoms with E-state index in [2.05, 4.69) is 13.8 Å². The third-order valence-corrected chi connectivity index (χ3v) is 2.31.